The average Bonchev–Trinajstić information content (AvgIpc) is 2.61. The van der Waals surface area contributed by atoms with Crippen molar-refractivity contribution >= 4 is 33.3 Å². The van der Waals surface area contributed by atoms with Gasteiger partial charge in [-0.1, -0.05) is 18.2 Å². The Hall–Kier alpha value is -2.87. The van der Waals surface area contributed by atoms with E-state index in [1.807, 2.05) is 0 Å². The molecule has 0 spiro atoms. The van der Waals surface area contributed by atoms with Crippen LogP contribution in [0, 0.1) is 0 Å². The molecule has 0 bridgehead atoms. The summed E-state index contributed by atoms with van der Waals surface area (Å²) in [5.74, 6) is -1.12. The van der Waals surface area contributed by atoms with Gasteiger partial charge in [0.15, 0.2) is 0 Å². The molecule has 0 aliphatic heterocycles. The second-order valence-corrected chi connectivity index (χ2v) is 7.09. The van der Waals surface area contributed by atoms with Crippen LogP contribution < -0.4 is 10.0 Å². The van der Waals surface area contributed by atoms with E-state index in [-0.39, 0.29) is 22.6 Å². The van der Waals surface area contributed by atoms with E-state index in [0.717, 1.165) is 0 Å². The normalized spacial score (nSPS) is 10.8. The third-order valence-electron chi connectivity index (χ3n) is 3.36. The zero-order valence-electron chi connectivity index (χ0n) is 13.8. The Balaban J connectivity index is 2.24. The molecule has 0 aromatic heterocycles. The molecule has 0 saturated heterocycles. The van der Waals surface area contributed by atoms with Gasteiger partial charge in [-0.05, 0) is 37.3 Å². The highest BCUT2D eigenvalue weighted by Gasteiger charge is 2.15. The second-order valence-electron chi connectivity index (χ2n) is 5.08. The van der Waals surface area contributed by atoms with Crippen molar-refractivity contribution in [3.8, 4) is 0 Å². The van der Waals surface area contributed by atoms with Crippen molar-refractivity contribution in [3.63, 3.8) is 0 Å². The summed E-state index contributed by atoms with van der Waals surface area (Å²) in [6.45, 7) is 1.52. The molecule has 0 aliphatic carbocycles. The van der Waals surface area contributed by atoms with Crippen LogP contribution in [-0.2, 0) is 14.8 Å². The molecule has 0 fully saturated rings. The maximum atomic E-state index is 12.4. The predicted molar refractivity (Wildman–Crippen MR) is 95.3 cm³/mol. The van der Waals surface area contributed by atoms with Crippen molar-refractivity contribution in [2.45, 2.75) is 6.92 Å². The smallest absolute Gasteiger partial charge is 0.339 e. The molecule has 8 heteroatoms. The maximum absolute atomic E-state index is 12.4. The maximum Gasteiger partial charge on any atom is 0.339 e. The van der Waals surface area contributed by atoms with Gasteiger partial charge in [-0.15, -0.1) is 0 Å². The van der Waals surface area contributed by atoms with Gasteiger partial charge in [0, 0.05) is 11.3 Å². The largest absolute Gasteiger partial charge is 0.465 e. The Morgan fingerprint density at radius 1 is 1.08 bits per heavy atom. The number of amides is 1. The molecule has 2 aromatic carbocycles. The lowest BCUT2D eigenvalue weighted by Gasteiger charge is -2.11. The van der Waals surface area contributed by atoms with Crippen LogP contribution in [0.25, 0.3) is 0 Å². The Morgan fingerprint density at radius 3 is 2.48 bits per heavy atom. The molecule has 0 atom stereocenters. The fourth-order valence-corrected chi connectivity index (χ4v) is 2.68. The van der Waals surface area contributed by atoms with Gasteiger partial charge in [0.05, 0.1) is 24.1 Å². The van der Waals surface area contributed by atoms with E-state index in [9.17, 15) is 18.0 Å². The van der Waals surface area contributed by atoms with Gasteiger partial charge < -0.3 is 10.1 Å². The first-order valence-electron chi connectivity index (χ1n) is 7.45. The summed E-state index contributed by atoms with van der Waals surface area (Å²) in [5, 5.41) is 2.63. The number of carbonyl (C=O) groups is 2. The molecule has 25 heavy (non-hydrogen) atoms. The second kappa shape index (κ2) is 7.80. The molecule has 0 saturated carbocycles. The summed E-state index contributed by atoms with van der Waals surface area (Å²) >= 11 is 0. The van der Waals surface area contributed by atoms with Crippen molar-refractivity contribution in [2.24, 2.45) is 0 Å². The summed E-state index contributed by atoms with van der Waals surface area (Å²) in [4.78, 5) is 24.2. The molecule has 2 N–H and O–H groups in total. The van der Waals surface area contributed by atoms with E-state index >= 15 is 0 Å². The first-order valence-corrected chi connectivity index (χ1v) is 9.10. The molecule has 2 aromatic rings. The zero-order chi connectivity index (χ0) is 18.4. The highest BCUT2D eigenvalue weighted by molar-refractivity contribution is 7.92. The molecule has 132 valence electrons. The Labute approximate surface area is 146 Å². The van der Waals surface area contributed by atoms with Gasteiger partial charge >= 0.3 is 5.97 Å². The highest BCUT2D eigenvalue weighted by Crippen LogP contribution is 2.19. The number of esters is 1. The third kappa shape index (κ3) is 4.80. The molecular formula is C17H18N2O5S. The van der Waals surface area contributed by atoms with Crippen LogP contribution >= 0.6 is 0 Å². The van der Waals surface area contributed by atoms with E-state index in [0.29, 0.717) is 5.69 Å². The number of benzene rings is 2. The van der Waals surface area contributed by atoms with Crippen molar-refractivity contribution in [2.75, 3.05) is 22.9 Å². The van der Waals surface area contributed by atoms with E-state index < -0.39 is 21.9 Å². The minimum Gasteiger partial charge on any atom is -0.465 e. The van der Waals surface area contributed by atoms with Crippen LogP contribution in [0.3, 0.4) is 0 Å². The molecule has 0 heterocycles. The van der Waals surface area contributed by atoms with Gasteiger partial charge in [0.25, 0.3) is 5.91 Å². The number of hydrogen-bond donors (Lipinski definition) is 2. The number of methoxy groups -OCH3 is 1. The summed E-state index contributed by atoms with van der Waals surface area (Å²) in [5.41, 5.74) is 1.06. The molecule has 1 amide bonds. The number of rotatable bonds is 6. The van der Waals surface area contributed by atoms with E-state index in [2.05, 4.69) is 14.8 Å². The predicted octanol–water partition coefficient (Wildman–Crippen LogP) is 2.49. The van der Waals surface area contributed by atoms with E-state index in [1.54, 1.807) is 36.4 Å². The molecule has 0 unspecified atom stereocenters. The lowest BCUT2D eigenvalue weighted by molar-refractivity contribution is 0.0602. The minimum absolute atomic E-state index is 0.0735. The van der Waals surface area contributed by atoms with Crippen molar-refractivity contribution < 1.29 is 22.7 Å². The first kappa shape index (κ1) is 18.5. The van der Waals surface area contributed by atoms with E-state index in [4.69, 9.17) is 0 Å². The number of sulfonamides is 1. The van der Waals surface area contributed by atoms with Gasteiger partial charge in [-0.25, -0.2) is 13.2 Å². The fourth-order valence-electron chi connectivity index (χ4n) is 2.05. The highest BCUT2D eigenvalue weighted by atomic mass is 32.2. The van der Waals surface area contributed by atoms with Crippen molar-refractivity contribution in [1.29, 1.82) is 0 Å². The van der Waals surface area contributed by atoms with Crippen LogP contribution in [0.4, 0.5) is 11.4 Å². The van der Waals surface area contributed by atoms with E-state index in [1.165, 1.54) is 26.2 Å². The number of nitrogens with one attached hydrogen (secondary N) is 2. The quantitative estimate of drug-likeness (QED) is 0.769. The topological polar surface area (TPSA) is 102 Å². The summed E-state index contributed by atoms with van der Waals surface area (Å²) in [6, 6.07) is 12.5. The van der Waals surface area contributed by atoms with Crippen LogP contribution in [0.5, 0.6) is 0 Å². The summed E-state index contributed by atoms with van der Waals surface area (Å²) < 4.78 is 30.3. The standard InChI is InChI=1S/C17H18N2O5S/c1-3-25(22,23)19-13-8-6-7-12(11-13)16(20)18-15-10-5-4-9-14(15)17(21)24-2/h4-11,19H,3H2,1-2H3,(H,18,20). The monoisotopic (exact) mass is 362 g/mol. The van der Waals surface area contributed by atoms with Crippen LogP contribution in [0.1, 0.15) is 27.6 Å². The number of hydrogen-bond acceptors (Lipinski definition) is 5. The summed E-state index contributed by atoms with van der Waals surface area (Å²) in [7, 11) is -2.18. The number of carbonyl (C=O) groups excluding carboxylic acids is 2. The SMILES string of the molecule is CCS(=O)(=O)Nc1cccc(C(=O)Nc2ccccc2C(=O)OC)c1. The van der Waals surface area contributed by atoms with Crippen LogP contribution in [0.15, 0.2) is 48.5 Å². The van der Waals surface area contributed by atoms with Gasteiger partial charge in [-0.2, -0.15) is 0 Å². The Kier molecular flexibility index (Phi) is 5.76. The number of ether oxygens (including phenoxy) is 1. The van der Waals surface area contributed by atoms with Crippen molar-refractivity contribution in [3.05, 3.63) is 59.7 Å². The van der Waals surface area contributed by atoms with Crippen molar-refractivity contribution in [1.82, 2.24) is 0 Å². The van der Waals surface area contributed by atoms with Gasteiger partial charge in [-0.3, -0.25) is 9.52 Å². The molecule has 7 nitrogen and oxygen atoms in total. The minimum atomic E-state index is -3.44. The molecular weight excluding hydrogens is 344 g/mol. The number of para-hydroxylation sites is 1. The fraction of sp³-hybridized carbons (Fsp3) is 0.176. The molecule has 0 aliphatic rings. The van der Waals surface area contributed by atoms with Gasteiger partial charge in [0.1, 0.15) is 0 Å². The van der Waals surface area contributed by atoms with Crippen LogP contribution in [0.2, 0.25) is 0 Å². The lowest BCUT2D eigenvalue weighted by Crippen LogP contribution is -2.17. The summed E-state index contributed by atoms with van der Waals surface area (Å²) in [6.07, 6.45) is 0. The molecule has 0 radical (unpaired) electrons. The first-order chi connectivity index (χ1) is 11.9. The lowest BCUT2D eigenvalue weighted by atomic mass is 10.1. The number of anilines is 2. The zero-order valence-corrected chi connectivity index (χ0v) is 14.6. The van der Waals surface area contributed by atoms with Crippen LogP contribution in [-0.4, -0.2) is 33.2 Å². The van der Waals surface area contributed by atoms with Gasteiger partial charge in [0.2, 0.25) is 10.0 Å². The Bertz CT molecular complexity index is 893. The molecule has 2 rings (SSSR count). The third-order valence-corrected chi connectivity index (χ3v) is 4.67. The Morgan fingerprint density at radius 2 is 1.80 bits per heavy atom. The average molecular weight is 362 g/mol.